The molecule has 2 amide bonds. The summed E-state index contributed by atoms with van der Waals surface area (Å²) >= 11 is 0. The molecule has 0 heterocycles. The van der Waals surface area contributed by atoms with Crippen molar-refractivity contribution in [3.8, 4) is 11.1 Å². The van der Waals surface area contributed by atoms with Crippen molar-refractivity contribution >= 4 is 18.0 Å². The molecular formula is C27H32N2O5. The monoisotopic (exact) mass is 464 g/mol. The van der Waals surface area contributed by atoms with Crippen LogP contribution in [0.2, 0.25) is 0 Å². The van der Waals surface area contributed by atoms with Crippen LogP contribution in [0.5, 0.6) is 0 Å². The second kappa shape index (κ2) is 10.7. The topological polar surface area (TPSA) is 95.9 Å². The third kappa shape index (κ3) is 5.08. The number of nitrogens with one attached hydrogen (secondary N) is 1. The highest BCUT2D eigenvalue weighted by Gasteiger charge is 2.35. The van der Waals surface area contributed by atoms with Crippen LogP contribution in [-0.2, 0) is 14.3 Å². The van der Waals surface area contributed by atoms with E-state index in [1.54, 1.807) is 4.90 Å². The molecule has 1 saturated carbocycles. The number of hydrogen-bond acceptors (Lipinski definition) is 4. The summed E-state index contributed by atoms with van der Waals surface area (Å²) in [6.07, 6.45) is 2.62. The number of amides is 2. The molecule has 2 aromatic rings. The summed E-state index contributed by atoms with van der Waals surface area (Å²) in [5.41, 5.74) is 4.65. The van der Waals surface area contributed by atoms with Crippen LogP contribution in [0.15, 0.2) is 48.5 Å². The van der Waals surface area contributed by atoms with Crippen LogP contribution in [0.25, 0.3) is 11.1 Å². The lowest BCUT2D eigenvalue weighted by Crippen LogP contribution is -2.50. The van der Waals surface area contributed by atoms with Crippen molar-refractivity contribution in [3.05, 3.63) is 59.7 Å². The number of hydrogen-bond donors (Lipinski definition) is 2. The highest BCUT2D eigenvalue weighted by atomic mass is 16.5. The minimum absolute atomic E-state index is 0.0199. The normalized spacial score (nSPS) is 19.1. The van der Waals surface area contributed by atoms with Crippen LogP contribution in [0.3, 0.4) is 0 Å². The van der Waals surface area contributed by atoms with Crippen molar-refractivity contribution in [2.75, 3.05) is 19.7 Å². The fraction of sp³-hybridized carbons (Fsp3) is 0.444. The van der Waals surface area contributed by atoms with Gasteiger partial charge in [0.2, 0.25) is 5.91 Å². The number of carbonyl (C=O) groups is 3. The lowest BCUT2D eigenvalue weighted by molar-refractivity contribution is -0.140. The zero-order valence-corrected chi connectivity index (χ0v) is 19.5. The maximum absolute atomic E-state index is 13.1. The van der Waals surface area contributed by atoms with Gasteiger partial charge in [-0.1, -0.05) is 61.4 Å². The zero-order chi connectivity index (χ0) is 24.1. The van der Waals surface area contributed by atoms with E-state index in [-0.39, 0.29) is 43.4 Å². The third-order valence-corrected chi connectivity index (χ3v) is 7.02. The van der Waals surface area contributed by atoms with E-state index in [1.807, 2.05) is 31.2 Å². The van der Waals surface area contributed by atoms with Gasteiger partial charge in [-0.3, -0.25) is 9.59 Å². The number of rotatable bonds is 8. The molecule has 7 nitrogen and oxygen atoms in total. The Labute approximate surface area is 200 Å². The highest BCUT2D eigenvalue weighted by molar-refractivity contribution is 5.81. The number of fused-ring (bicyclic) bond motifs is 3. The molecule has 1 fully saturated rings. The number of alkyl carbamates (subject to hydrolysis) is 1. The van der Waals surface area contributed by atoms with Gasteiger partial charge in [0, 0.05) is 25.0 Å². The lowest BCUT2D eigenvalue weighted by Gasteiger charge is -2.34. The summed E-state index contributed by atoms with van der Waals surface area (Å²) in [5, 5.41) is 11.9. The van der Waals surface area contributed by atoms with Crippen molar-refractivity contribution in [3.63, 3.8) is 0 Å². The van der Waals surface area contributed by atoms with Crippen LogP contribution < -0.4 is 5.32 Å². The molecule has 0 saturated heterocycles. The SMILES string of the molecule is CCN(CCC(=O)O)C(=O)[C@@H]1CCCC[C@@H]1NC(=O)OCC1c2ccccc2-c2ccccc21. The second-order valence-corrected chi connectivity index (χ2v) is 9.03. The largest absolute Gasteiger partial charge is 0.481 e. The minimum Gasteiger partial charge on any atom is -0.481 e. The van der Waals surface area contributed by atoms with E-state index in [2.05, 4.69) is 29.6 Å². The van der Waals surface area contributed by atoms with Gasteiger partial charge >= 0.3 is 12.1 Å². The predicted octanol–water partition coefficient (Wildman–Crippen LogP) is 4.41. The van der Waals surface area contributed by atoms with Gasteiger partial charge in [-0.05, 0) is 42.0 Å². The van der Waals surface area contributed by atoms with Gasteiger partial charge < -0.3 is 20.1 Å². The Hall–Kier alpha value is -3.35. The molecule has 0 bridgehead atoms. The van der Waals surface area contributed by atoms with E-state index in [1.165, 1.54) is 11.1 Å². The molecule has 0 radical (unpaired) electrons. The summed E-state index contributed by atoms with van der Waals surface area (Å²) in [4.78, 5) is 38.4. The highest BCUT2D eigenvalue weighted by Crippen LogP contribution is 2.44. The second-order valence-electron chi connectivity index (χ2n) is 9.03. The molecule has 180 valence electrons. The number of carbonyl (C=O) groups excluding carboxylic acids is 2. The van der Waals surface area contributed by atoms with Crippen LogP contribution >= 0.6 is 0 Å². The van der Waals surface area contributed by atoms with Crippen molar-refractivity contribution in [1.82, 2.24) is 10.2 Å². The molecule has 2 aliphatic rings. The number of carboxylic acids is 1. The number of nitrogens with zero attached hydrogens (tertiary/aromatic N) is 1. The first-order valence-corrected chi connectivity index (χ1v) is 12.1. The summed E-state index contributed by atoms with van der Waals surface area (Å²) in [6.45, 7) is 2.69. The Bertz CT molecular complexity index is 1010. The Morgan fingerprint density at radius 1 is 1.00 bits per heavy atom. The first-order chi connectivity index (χ1) is 16.5. The Kier molecular flexibility index (Phi) is 7.50. The summed E-state index contributed by atoms with van der Waals surface area (Å²) in [6, 6.07) is 16.1. The van der Waals surface area contributed by atoms with Gasteiger partial charge in [0.1, 0.15) is 6.61 Å². The van der Waals surface area contributed by atoms with Crippen molar-refractivity contribution in [2.45, 2.75) is 51.0 Å². The molecule has 0 aromatic heterocycles. The van der Waals surface area contributed by atoms with Gasteiger partial charge in [-0.15, -0.1) is 0 Å². The Morgan fingerprint density at radius 2 is 1.62 bits per heavy atom. The molecule has 2 aromatic carbocycles. The molecule has 0 aliphatic heterocycles. The van der Waals surface area contributed by atoms with Gasteiger partial charge in [-0.25, -0.2) is 4.79 Å². The first-order valence-electron chi connectivity index (χ1n) is 12.1. The molecule has 0 spiro atoms. The van der Waals surface area contributed by atoms with Crippen molar-refractivity contribution in [2.24, 2.45) is 5.92 Å². The minimum atomic E-state index is -0.928. The zero-order valence-electron chi connectivity index (χ0n) is 19.5. The van der Waals surface area contributed by atoms with Gasteiger partial charge in [0.05, 0.1) is 12.3 Å². The van der Waals surface area contributed by atoms with Gasteiger partial charge in [0.25, 0.3) is 0 Å². The number of carboxylic acid groups (broad SMARTS) is 1. The van der Waals surface area contributed by atoms with Crippen molar-refractivity contribution in [1.29, 1.82) is 0 Å². The average molecular weight is 465 g/mol. The standard InChI is InChI=1S/C27H32N2O5/c1-2-29(16-15-25(30)31)26(32)22-13-7-8-14-24(22)28-27(33)34-17-23-20-11-5-3-9-18(20)19-10-4-6-12-21(19)23/h3-6,9-12,22-24H,2,7-8,13-17H2,1H3,(H,28,33)(H,30,31)/t22-,24+/m1/s1. The number of ether oxygens (including phenoxy) is 1. The Morgan fingerprint density at radius 3 is 2.24 bits per heavy atom. The van der Waals surface area contributed by atoms with E-state index in [0.717, 1.165) is 24.0 Å². The summed E-state index contributed by atoms with van der Waals surface area (Å²) in [7, 11) is 0. The molecule has 4 rings (SSSR count). The maximum Gasteiger partial charge on any atom is 0.407 e. The fourth-order valence-electron chi connectivity index (χ4n) is 5.28. The molecule has 34 heavy (non-hydrogen) atoms. The molecule has 2 N–H and O–H groups in total. The van der Waals surface area contributed by atoms with Crippen LogP contribution in [0.1, 0.15) is 56.1 Å². The van der Waals surface area contributed by atoms with Crippen LogP contribution in [-0.4, -0.2) is 53.7 Å². The predicted molar refractivity (Wildman–Crippen MR) is 128 cm³/mol. The van der Waals surface area contributed by atoms with Gasteiger partial charge in [-0.2, -0.15) is 0 Å². The summed E-state index contributed by atoms with van der Waals surface area (Å²) in [5.74, 6) is -1.40. The van der Waals surface area contributed by atoms with E-state index in [9.17, 15) is 14.4 Å². The first kappa shape index (κ1) is 23.8. The van der Waals surface area contributed by atoms with Crippen LogP contribution in [0, 0.1) is 5.92 Å². The van der Waals surface area contributed by atoms with Crippen molar-refractivity contribution < 1.29 is 24.2 Å². The molecule has 0 unspecified atom stereocenters. The maximum atomic E-state index is 13.1. The van der Waals surface area contributed by atoms with E-state index in [4.69, 9.17) is 9.84 Å². The molecule has 2 atom stereocenters. The number of aliphatic carboxylic acids is 1. The molecule has 2 aliphatic carbocycles. The lowest BCUT2D eigenvalue weighted by atomic mass is 9.83. The summed E-state index contributed by atoms with van der Waals surface area (Å²) < 4.78 is 5.68. The quantitative estimate of drug-likeness (QED) is 0.603. The molecule has 7 heteroatoms. The van der Waals surface area contributed by atoms with Gasteiger partial charge in [0.15, 0.2) is 0 Å². The number of benzene rings is 2. The van der Waals surface area contributed by atoms with Crippen LogP contribution in [0.4, 0.5) is 4.79 Å². The smallest absolute Gasteiger partial charge is 0.407 e. The molecular weight excluding hydrogens is 432 g/mol. The Balaban J connectivity index is 1.39. The van der Waals surface area contributed by atoms with E-state index >= 15 is 0 Å². The van der Waals surface area contributed by atoms with E-state index in [0.29, 0.717) is 19.4 Å². The van der Waals surface area contributed by atoms with E-state index < -0.39 is 12.1 Å². The average Bonchev–Trinajstić information content (AvgIpc) is 3.17. The third-order valence-electron chi connectivity index (χ3n) is 7.02. The fourth-order valence-corrected chi connectivity index (χ4v) is 5.28.